The molecular weight excluding hydrogens is 214 g/mol. The third-order valence-electron chi connectivity index (χ3n) is 3.11. The van der Waals surface area contributed by atoms with Crippen LogP contribution in [0.25, 0.3) is 0 Å². The second-order valence-corrected chi connectivity index (χ2v) is 4.85. The summed E-state index contributed by atoms with van der Waals surface area (Å²) in [5, 5.41) is 16.8. The van der Waals surface area contributed by atoms with Crippen LogP contribution in [0.2, 0.25) is 0 Å². The molecule has 0 aliphatic heterocycles. The fraction of sp³-hybridized carbons (Fsp3) is 0.769. The lowest BCUT2D eigenvalue weighted by molar-refractivity contribution is 0.257. The van der Waals surface area contributed by atoms with Crippen molar-refractivity contribution in [3.05, 3.63) is 18.0 Å². The highest BCUT2D eigenvalue weighted by atomic mass is 16.3. The van der Waals surface area contributed by atoms with Crippen molar-refractivity contribution in [3.8, 4) is 0 Å². The number of nitrogens with zero attached hydrogens (tertiary/aromatic N) is 2. The molecule has 0 saturated carbocycles. The van der Waals surface area contributed by atoms with Gasteiger partial charge in [0.05, 0.1) is 6.20 Å². The van der Waals surface area contributed by atoms with E-state index in [1.165, 1.54) is 5.56 Å². The minimum atomic E-state index is 0.240. The average Bonchev–Trinajstić information content (AvgIpc) is 2.77. The molecule has 1 heterocycles. The Balaban J connectivity index is 2.58. The van der Waals surface area contributed by atoms with Crippen LogP contribution in [0.4, 0.5) is 0 Å². The van der Waals surface area contributed by atoms with Crippen molar-refractivity contribution in [1.29, 1.82) is 0 Å². The van der Waals surface area contributed by atoms with Crippen LogP contribution < -0.4 is 5.32 Å². The van der Waals surface area contributed by atoms with E-state index in [4.69, 9.17) is 5.11 Å². The highest BCUT2D eigenvalue weighted by molar-refractivity contribution is 5.09. The van der Waals surface area contributed by atoms with Gasteiger partial charge in [-0.3, -0.25) is 4.68 Å². The Labute approximate surface area is 104 Å². The molecule has 0 amide bonds. The number of hydrogen-bond acceptors (Lipinski definition) is 3. The van der Waals surface area contributed by atoms with Crippen LogP contribution in [0.15, 0.2) is 12.4 Å². The molecule has 0 fully saturated rings. The summed E-state index contributed by atoms with van der Waals surface area (Å²) in [6.45, 7) is 8.76. The maximum Gasteiger partial charge on any atom is 0.0537 e. The summed E-state index contributed by atoms with van der Waals surface area (Å²) in [5.74, 6) is 0. The first-order chi connectivity index (χ1) is 8.08. The van der Waals surface area contributed by atoms with E-state index in [0.29, 0.717) is 12.1 Å². The molecule has 0 aliphatic rings. The molecule has 2 atom stereocenters. The Kier molecular flexibility index (Phi) is 5.65. The largest absolute Gasteiger partial charge is 0.396 e. The van der Waals surface area contributed by atoms with E-state index in [9.17, 15) is 0 Å². The van der Waals surface area contributed by atoms with Gasteiger partial charge in [0.15, 0.2) is 0 Å². The van der Waals surface area contributed by atoms with Crippen molar-refractivity contribution in [3.63, 3.8) is 0 Å². The summed E-state index contributed by atoms with van der Waals surface area (Å²) in [6.07, 6.45) is 5.85. The third-order valence-corrected chi connectivity index (χ3v) is 3.11. The molecule has 98 valence electrons. The number of aliphatic hydroxyl groups excluding tert-OH is 1. The van der Waals surface area contributed by atoms with E-state index in [1.54, 1.807) is 0 Å². The van der Waals surface area contributed by atoms with Crippen molar-refractivity contribution >= 4 is 0 Å². The van der Waals surface area contributed by atoms with Crippen LogP contribution in [0, 0.1) is 0 Å². The third kappa shape index (κ3) is 4.13. The predicted molar refractivity (Wildman–Crippen MR) is 69.9 cm³/mol. The smallest absolute Gasteiger partial charge is 0.0537 e. The lowest BCUT2D eigenvalue weighted by Gasteiger charge is -2.20. The van der Waals surface area contributed by atoms with Crippen LogP contribution in [0.1, 0.15) is 58.2 Å². The van der Waals surface area contributed by atoms with E-state index in [-0.39, 0.29) is 12.6 Å². The van der Waals surface area contributed by atoms with E-state index in [2.05, 4.69) is 44.3 Å². The van der Waals surface area contributed by atoms with Crippen molar-refractivity contribution in [2.75, 3.05) is 6.61 Å². The van der Waals surface area contributed by atoms with E-state index < -0.39 is 0 Å². The molecule has 0 saturated heterocycles. The van der Waals surface area contributed by atoms with Crippen molar-refractivity contribution in [2.45, 2.75) is 58.7 Å². The predicted octanol–water partition coefficient (Wildman–Crippen LogP) is 2.28. The SMILES string of the molecule is CCC(CCO)NC(C)c1cnn(C(C)C)c1. The molecule has 1 rings (SSSR count). The first kappa shape index (κ1) is 14.2. The van der Waals surface area contributed by atoms with Gasteiger partial charge in [-0.2, -0.15) is 5.10 Å². The fourth-order valence-corrected chi connectivity index (χ4v) is 1.87. The van der Waals surface area contributed by atoms with Crippen molar-refractivity contribution < 1.29 is 5.11 Å². The molecule has 0 radical (unpaired) electrons. The van der Waals surface area contributed by atoms with Crippen molar-refractivity contribution in [2.24, 2.45) is 0 Å². The van der Waals surface area contributed by atoms with Gasteiger partial charge < -0.3 is 10.4 Å². The maximum atomic E-state index is 8.97. The normalized spacial score (nSPS) is 15.2. The van der Waals surface area contributed by atoms with Gasteiger partial charge in [-0.05, 0) is 33.6 Å². The zero-order chi connectivity index (χ0) is 12.8. The van der Waals surface area contributed by atoms with Crippen molar-refractivity contribution in [1.82, 2.24) is 15.1 Å². The molecule has 17 heavy (non-hydrogen) atoms. The number of hydrogen-bond donors (Lipinski definition) is 2. The Morgan fingerprint density at radius 1 is 1.41 bits per heavy atom. The number of aliphatic hydroxyl groups is 1. The average molecular weight is 239 g/mol. The maximum absolute atomic E-state index is 8.97. The first-order valence-corrected chi connectivity index (χ1v) is 6.49. The molecule has 2 unspecified atom stereocenters. The zero-order valence-electron chi connectivity index (χ0n) is 11.3. The molecule has 0 aliphatic carbocycles. The van der Waals surface area contributed by atoms with E-state index in [1.807, 2.05) is 10.9 Å². The van der Waals surface area contributed by atoms with E-state index >= 15 is 0 Å². The minimum absolute atomic E-state index is 0.240. The van der Waals surface area contributed by atoms with Gasteiger partial charge in [0.1, 0.15) is 0 Å². The van der Waals surface area contributed by atoms with Crippen LogP contribution >= 0.6 is 0 Å². The lowest BCUT2D eigenvalue weighted by Crippen LogP contribution is -2.31. The van der Waals surface area contributed by atoms with Gasteiger partial charge in [-0.15, -0.1) is 0 Å². The Morgan fingerprint density at radius 3 is 2.59 bits per heavy atom. The quantitative estimate of drug-likeness (QED) is 0.767. The van der Waals surface area contributed by atoms with Crippen LogP contribution in [0.3, 0.4) is 0 Å². The molecular formula is C13H25N3O. The molecule has 2 N–H and O–H groups in total. The zero-order valence-corrected chi connectivity index (χ0v) is 11.3. The van der Waals surface area contributed by atoms with Crippen LogP contribution in [-0.4, -0.2) is 27.5 Å². The van der Waals surface area contributed by atoms with Crippen LogP contribution in [0.5, 0.6) is 0 Å². The Morgan fingerprint density at radius 2 is 2.12 bits per heavy atom. The summed E-state index contributed by atoms with van der Waals surface area (Å²) in [4.78, 5) is 0. The molecule has 1 aromatic rings. The Bertz CT molecular complexity index is 322. The van der Waals surface area contributed by atoms with Gasteiger partial charge in [-0.25, -0.2) is 0 Å². The summed E-state index contributed by atoms with van der Waals surface area (Å²) >= 11 is 0. The Hall–Kier alpha value is -0.870. The summed E-state index contributed by atoms with van der Waals surface area (Å²) in [6, 6.07) is 1.05. The van der Waals surface area contributed by atoms with Gasteiger partial charge in [0.25, 0.3) is 0 Å². The molecule has 0 aromatic carbocycles. The molecule has 0 spiro atoms. The van der Waals surface area contributed by atoms with Gasteiger partial charge in [0.2, 0.25) is 0 Å². The second-order valence-electron chi connectivity index (χ2n) is 4.85. The molecule has 4 nitrogen and oxygen atoms in total. The van der Waals surface area contributed by atoms with Gasteiger partial charge in [0, 0.05) is 36.5 Å². The fourth-order valence-electron chi connectivity index (χ4n) is 1.87. The summed E-state index contributed by atoms with van der Waals surface area (Å²) < 4.78 is 1.97. The monoisotopic (exact) mass is 239 g/mol. The highest BCUT2D eigenvalue weighted by Crippen LogP contribution is 2.15. The first-order valence-electron chi connectivity index (χ1n) is 6.49. The topological polar surface area (TPSA) is 50.1 Å². The number of rotatable bonds is 7. The standard InChI is InChI=1S/C13H25N3O/c1-5-13(6-7-17)15-11(4)12-8-14-16(9-12)10(2)3/h8-11,13,15,17H,5-7H2,1-4H3. The second kappa shape index (κ2) is 6.77. The van der Waals surface area contributed by atoms with Crippen LogP contribution in [-0.2, 0) is 0 Å². The number of nitrogens with one attached hydrogen (secondary N) is 1. The molecule has 0 bridgehead atoms. The molecule has 4 heteroatoms. The minimum Gasteiger partial charge on any atom is -0.396 e. The number of aromatic nitrogens is 2. The lowest BCUT2D eigenvalue weighted by atomic mass is 10.1. The highest BCUT2D eigenvalue weighted by Gasteiger charge is 2.13. The van der Waals surface area contributed by atoms with Gasteiger partial charge >= 0.3 is 0 Å². The van der Waals surface area contributed by atoms with E-state index in [0.717, 1.165) is 12.8 Å². The summed E-state index contributed by atoms with van der Waals surface area (Å²) in [7, 11) is 0. The van der Waals surface area contributed by atoms with Gasteiger partial charge in [-0.1, -0.05) is 6.92 Å². The molecule has 1 aromatic heterocycles. The summed E-state index contributed by atoms with van der Waals surface area (Å²) in [5.41, 5.74) is 1.20.